The zero-order chi connectivity index (χ0) is 12.8. The van der Waals surface area contributed by atoms with E-state index in [2.05, 4.69) is 15.7 Å². The number of nitrogens with one attached hydrogen (secondary N) is 2. The number of rotatable bonds is 1. The van der Waals surface area contributed by atoms with E-state index in [-0.39, 0.29) is 5.91 Å². The summed E-state index contributed by atoms with van der Waals surface area (Å²) in [6.45, 7) is 1.89. The molecule has 1 aliphatic heterocycles. The van der Waals surface area contributed by atoms with Crippen LogP contribution in [0.4, 0.5) is 0 Å². The largest absolute Gasteiger partial charge is 0.354 e. The van der Waals surface area contributed by atoms with Crippen LogP contribution in [-0.2, 0) is 4.79 Å². The van der Waals surface area contributed by atoms with Crippen molar-refractivity contribution in [1.29, 1.82) is 0 Å². The van der Waals surface area contributed by atoms with Gasteiger partial charge in [-0.3, -0.25) is 10.2 Å². The second-order valence-corrected chi connectivity index (χ2v) is 5.01. The van der Waals surface area contributed by atoms with Crippen LogP contribution in [0.1, 0.15) is 38.5 Å². The Morgan fingerprint density at radius 1 is 1.33 bits per heavy atom. The van der Waals surface area contributed by atoms with Crippen LogP contribution in [0.2, 0.25) is 0 Å². The summed E-state index contributed by atoms with van der Waals surface area (Å²) in [7, 11) is 0. The maximum atomic E-state index is 11.5. The van der Waals surface area contributed by atoms with Crippen molar-refractivity contribution in [2.45, 2.75) is 44.6 Å². The topological polar surface area (TPSA) is 82.8 Å². The molecule has 6 nitrogen and oxygen atoms in total. The van der Waals surface area contributed by atoms with E-state index in [4.69, 9.17) is 5.84 Å². The first-order valence-corrected chi connectivity index (χ1v) is 6.85. The average molecular weight is 253 g/mol. The molecule has 0 unspecified atom stereocenters. The van der Waals surface area contributed by atoms with E-state index in [0.717, 1.165) is 32.4 Å². The number of carbonyl (C=O) groups is 1. The number of hydrogen-bond donors (Lipinski definition) is 3. The maximum absolute atomic E-state index is 11.5. The van der Waals surface area contributed by atoms with Crippen LogP contribution < -0.4 is 16.6 Å². The first-order valence-electron chi connectivity index (χ1n) is 6.85. The van der Waals surface area contributed by atoms with Gasteiger partial charge in [-0.2, -0.15) is 0 Å². The molecule has 102 valence electrons. The summed E-state index contributed by atoms with van der Waals surface area (Å²) in [4.78, 5) is 18.2. The Morgan fingerprint density at radius 2 is 2.11 bits per heavy atom. The van der Waals surface area contributed by atoms with Gasteiger partial charge in [-0.05, 0) is 19.3 Å². The van der Waals surface area contributed by atoms with Gasteiger partial charge in [0.05, 0.1) is 12.6 Å². The predicted octanol–water partition coefficient (Wildman–Crippen LogP) is -0.0397. The minimum atomic E-state index is 0.0408. The molecule has 0 aromatic heterocycles. The highest BCUT2D eigenvalue weighted by atomic mass is 16.2. The first-order chi connectivity index (χ1) is 8.79. The molecule has 2 aliphatic rings. The van der Waals surface area contributed by atoms with E-state index < -0.39 is 0 Å². The van der Waals surface area contributed by atoms with Crippen LogP contribution >= 0.6 is 0 Å². The zero-order valence-corrected chi connectivity index (χ0v) is 10.8. The molecule has 1 saturated carbocycles. The van der Waals surface area contributed by atoms with E-state index in [0.29, 0.717) is 18.5 Å². The quantitative estimate of drug-likeness (QED) is 0.265. The molecule has 0 spiro atoms. The summed E-state index contributed by atoms with van der Waals surface area (Å²) in [5.74, 6) is 6.27. The molecular formula is C12H23N5O. The SMILES string of the molecule is NNC(=NC1CCCCC1)N1CCCNC(=O)C1. The fourth-order valence-electron chi connectivity index (χ4n) is 2.58. The molecule has 0 bridgehead atoms. The Hall–Kier alpha value is -1.30. The van der Waals surface area contributed by atoms with Crippen LogP contribution in [0.15, 0.2) is 4.99 Å². The van der Waals surface area contributed by atoms with Crippen molar-refractivity contribution in [3.8, 4) is 0 Å². The second-order valence-electron chi connectivity index (χ2n) is 5.01. The highest BCUT2D eigenvalue weighted by Gasteiger charge is 2.20. The predicted molar refractivity (Wildman–Crippen MR) is 70.8 cm³/mol. The van der Waals surface area contributed by atoms with Gasteiger partial charge in [-0.25, -0.2) is 10.8 Å². The van der Waals surface area contributed by atoms with Crippen LogP contribution in [0.5, 0.6) is 0 Å². The molecule has 2 rings (SSSR count). The lowest BCUT2D eigenvalue weighted by atomic mass is 9.96. The summed E-state index contributed by atoms with van der Waals surface area (Å²) >= 11 is 0. The van der Waals surface area contributed by atoms with Crippen LogP contribution in [0.25, 0.3) is 0 Å². The van der Waals surface area contributed by atoms with Gasteiger partial charge >= 0.3 is 0 Å². The lowest BCUT2D eigenvalue weighted by molar-refractivity contribution is -0.120. The van der Waals surface area contributed by atoms with Crippen molar-refractivity contribution in [2.24, 2.45) is 10.8 Å². The van der Waals surface area contributed by atoms with Crippen LogP contribution in [0.3, 0.4) is 0 Å². The van der Waals surface area contributed by atoms with Crippen molar-refractivity contribution >= 4 is 11.9 Å². The molecule has 1 aliphatic carbocycles. The molecule has 4 N–H and O–H groups in total. The standard InChI is InChI=1S/C12H23N5O/c13-16-12(15-10-5-2-1-3-6-10)17-8-4-7-14-11(18)9-17/h10H,1-9,13H2,(H,14,18)(H,15,16). The van der Waals surface area contributed by atoms with Crippen molar-refractivity contribution in [3.63, 3.8) is 0 Å². The van der Waals surface area contributed by atoms with E-state index in [1.54, 1.807) is 0 Å². The number of hydrazine groups is 1. The highest BCUT2D eigenvalue weighted by molar-refractivity contribution is 5.86. The molecule has 0 aromatic rings. The van der Waals surface area contributed by atoms with Crippen LogP contribution in [-0.4, -0.2) is 42.4 Å². The highest BCUT2D eigenvalue weighted by Crippen LogP contribution is 2.20. The number of aliphatic imine (C=N–C) groups is 1. The normalized spacial score (nSPS) is 23.5. The number of guanidine groups is 1. The number of carbonyl (C=O) groups excluding carboxylic acids is 1. The van der Waals surface area contributed by atoms with Gasteiger partial charge in [0, 0.05) is 13.1 Å². The molecule has 0 radical (unpaired) electrons. The van der Waals surface area contributed by atoms with Crippen molar-refractivity contribution in [2.75, 3.05) is 19.6 Å². The maximum Gasteiger partial charge on any atom is 0.239 e. The molecule has 6 heteroatoms. The Balaban J connectivity index is 2.01. The molecular weight excluding hydrogens is 230 g/mol. The molecule has 2 fully saturated rings. The fraction of sp³-hybridized carbons (Fsp3) is 0.833. The minimum Gasteiger partial charge on any atom is -0.354 e. The van der Waals surface area contributed by atoms with Gasteiger partial charge in [0.25, 0.3) is 0 Å². The van der Waals surface area contributed by atoms with Gasteiger partial charge in [0.2, 0.25) is 11.9 Å². The van der Waals surface area contributed by atoms with Crippen LogP contribution in [0, 0.1) is 0 Å². The number of hydrogen-bond acceptors (Lipinski definition) is 3. The van der Waals surface area contributed by atoms with Crippen molar-refractivity contribution < 1.29 is 4.79 Å². The van der Waals surface area contributed by atoms with Gasteiger partial charge < -0.3 is 10.2 Å². The Morgan fingerprint density at radius 3 is 2.83 bits per heavy atom. The third kappa shape index (κ3) is 3.60. The summed E-state index contributed by atoms with van der Waals surface area (Å²) in [5.41, 5.74) is 2.66. The Bertz CT molecular complexity index is 312. The van der Waals surface area contributed by atoms with E-state index >= 15 is 0 Å². The summed E-state index contributed by atoms with van der Waals surface area (Å²) < 4.78 is 0. The van der Waals surface area contributed by atoms with Crippen molar-refractivity contribution in [3.05, 3.63) is 0 Å². The van der Waals surface area contributed by atoms with E-state index in [9.17, 15) is 4.79 Å². The summed E-state index contributed by atoms with van der Waals surface area (Å²) in [6.07, 6.45) is 6.98. The molecule has 18 heavy (non-hydrogen) atoms. The number of nitrogens with zero attached hydrogens (tertiary/aromatic N) is 2. The zero-order valence-electron chi connectivity index (χ0n) is 10.8. The molecule has 1 saturated heterocycles. The van der Waals surface area contributed by atoms with Gasteiger partial charge in [-0.15, -0.1) is 0 Å². The average Bonchev–Trinajstić information content (AvgIpc) is 2.62. The first kappa shape index (κ1) is 13.1. The Kier molecular flexibility index (Phi) is 4.81. The summed E-state index contributed by atoms with van der Waals surface area (Å²) in [6, 6.07) is 0.358. The lowest BCUT2D eigenvalue weighted by Gasteiger charge is -2.25. The third-order valence-corrected chi connectivity index (χ3v) is 3.57. The second kappa shape index (κ2) is 6.58. The number of amides is 1. The third-order valence-electron chi connectivity index (χ3n) is 3.57. The minimum absolute atomic E-state index is 0.0408. The number of nitrogens with two attached hydrogens (primary N) is 1. The molecule has 0 atom stereocenters. The van der Waals surface area contributed by atoms with E-state index in [1.165, 1.54) is 19.3 Å². The van der Waals surface area contributed by atoms with Gasteiger partial charge in [0.1, 0.15) is 0 Å². The lowest BCUT2D eigenvalue weighted by Crippen LogP contribution is -2.48. The van der Waals surface area contributed by atoms with E-state index in [1.807, 2.05) is 4.90 Å². The fourth-order valence-corrected chi connectivity index (χ4v) is 2.58. The molecule has 1 heterocycles. The van der Waals surface area contributed by atoms with Gasteiger partial charge in [0.15, 0.2) is 0 Å². The van der Waals surface area contributed by atoms with Gasteiger partial charge in [-0.1, -0.05) is 19.3 Å². The van der Waals surface area contributed by atoms with Crippen molar-refractivity contribution in [1.82, 2.24) is 15.6 Å². The smallest absolute Gasteiger partial charge is 0.239 e. The molecule has 1 amide bonds. The Labute approximate surface area is 108 Å². The monoisotopic (exact) mass is 253 g/mol. The molecule has 0 aromatic carbocycles. The summed E-state index contributed by atoms with van der Waals surface area (Å²) in [5, 5.41) is 2.85.